The maximum Gasteiger partial charge on any atom is 0.337 e. The zero-order chi connectivity index (χ0) is 18.7. The lowest BCUT2D eigenvalue weighted by Crippen LogP contribution is -2.04. The first kappa shape index (κ1) is 17.8. The lowest BCUT2D eigenvalue weighted by molar-refractivity contribution is 0.0698. The molecule has 0 saturated carbocycles. The van der Waals surface area contributed by atoms with Crippen molar-refractivity contribution in [2.75, 3.05) is 17.7 Å². The number of aromatic carboxylic acids is 1. The monoisotopic (exact) mass is 370 g/mol. The summed E-state index contributed by atoms with van der Waals surface area (Å²) in [6, 6.07) is 16.2. The third-order valence-electron chi connectivity index (χ3n) is 3.97. The molecule has 4 nitrogen and oxygen atoms in total. The van der Waals surface area contributed by atoms with E-state index >= 15 is 0 Å². The summed E-state index contributed by atoms with van der Waals surface area (Å²) in [5, 5.41) is 16.0. The number of benzene rings is 3. The fourth-order valence-electron chi connectivity index (χ4n) is 2.70. The van der Waals surface area contributed by atoms with Crippen LogP contribution in [0.5, 0.6) is 0 Å². The summed E-state index contributed by atoms with van der Waals surface area (Å²) in [7, 11) is 1.75. The molecule has 0 aliphatic rings. The highest BCUT2D eigenvalue weighted by molar-refractivity contribution is 6.36. The SMILES string of the molecule is CNc1ccc(Nc2ccccc2C(=O)O)c(-c2ccc(F)cc2)c1Cl. The van der Waals surface area contributed by atoms with E-state index in [0.717, 1.165) is 0 Å². The van der Waals surface area contributed by atoms with E-state index in [1.165, 1.54) is 18.2 Å². The molecule has 0 fully saturated rings. The molecule has 0 aliphatic carbocycles. The molecule has 132 valence electrons. The highest BCUT2D eigenvalue weighted by Gasteiger charge is 2.16. The maximum atomic E-state index is 13.3. The number of carboxylic acids is 1. The van der Waals surface area contributed by atoms with Gasteiger partial charge in [-0.15, -0.1) is 0 Å². The van der Waals surface area contributed by atoms with Gasteiger partial charge >= 0.3 is 5.97 Å². The number of nitrogens with one attached hydrogen (secondary N) is 2. The molecule has 6 heteroatoms. The van der Waals surface area contributed by atoms with Crippen LogP contribution in [0.2, 0.25) is 5.02 Å². The van der Waals surface area contributed by atoms with E-state index < -0.39 is 5.97 Å². The van der Waals surface area contributed by atoms with Crippen molar-refractivity contribution in [3.63, 3.8) is 0 Å². The number of anilines is 3. The van der Waals surface area contributed by atoms with Crippen molar-refractivity contribution >= 4 is 34.6 Å². The Bertz CT molecular complexity index is 959. The zero-order valence-electron chi connectivity index (χ0n) is 13.9. The van der Waals surface area contributed by atoms with Gasteiger partial charge in [-0.3, -0.25) is 0 Å². The van der Waals surface area contributed by atoms with Crippen LogP contribution in [0.15, 0.2) is 60.7 Å². The van der Waals surface area contributed by atoms with Gasteiger partial charge in [0.05, 0.1) is 22.0 Å². The number of carboxylic acid groups (broad SMARTS) is 1. The van der Waals surface area contributed by atoms with Gasteiger partial charge in [-0.1, -0.05) is 35.9 Å². The van der Waals surface area contributed by atoms with Crippen LogP contribution in [0.1, 0.15) is 10.4 Å². The minimum absolute atomic E-state index is 0.145. The molecule has 0 bridgehead atoms. The summed E-state index contributed by atoms with van der Waals surface area (Å²) in [4.78, 5) is 11.5. The van der Waals surface area contributed by atoms with Crippen LogP contribution in [0.3, 0.4) is 0 Å². The van der Waals surface area contributed by atoms with Gasteiger partial charge in [-0.05, 0) is 42.0 Å². The second-order valence-electron chi connectivity index (χ2n) is 5.58. The lowest BCUT2D eigenvalue weighted by atomic mass is 10.0. The zero-order valence-corrected chi connectivity index (χ0v) is 14.6. The van der Waals surface area contributed by atoms with Gasteiger partial charge in [-0.2, -0.15) is 0 Å². The summed E-state index contributed by atoms with van der Waals surface area (Å²) in [6.45, 7) is 0. The van der Waals surface area contributed by atoms with Gasteiger partial charge < -0.3 is 15.7 Å². The van der Waals surface area contributed by atoms with Crippen LogP contribution < -0.4 is 10.6 Å². The van der Waals surface area contributed by atoms with E-state index in [4.69, 9.17) is 11.6 Å². The molecule has 3 aromatic rings. The maximum absolute atomic E-state index is 13.3. The molecule has 0 aliphatic heterocycles. The summed E-state index contributed by atoms with van der Waals surface area (Å²) >= 11 is 6.54. The van der Waals surface area contributed by atoms with Gasteiger partial charge in [0.1, 0.15) is 5.82 Å². The summed E-state index contributed by atoms with van der Waals surface area (Å²) in [6.07, 6.45) is 0. The van der Waals surface area contributed by atoms with E-state index in [-0.39, 0.29) is 11.4 Å². The summed E-state index contributed by atoms with van der Waals surface area (Å²) < 4.78 is 13.3. The van der Waals surface area contributed by atoms with Gasteiger partial charge in [0.15, 0.2) is 0 Å². The normalized spacial score (nSPS) is 10.4. The number of rotatable bonds is 5. The molecule has 0 spiro atoms. The van der Waals surface area contributed by atoms with Crippen LogP contribution in [0, 0.1) is 5.82 Å². The number of carbonyl (C=O) groups is 1. The Morgan fingerprint density at radius 3 is 2.27 bits per heavy atom. The summed E-state index contributed by atoms with van der Waals surface area (Å²) in [5.41, 5.74) is 3.28. The molecule has 0 saturated heterocycles. The first-order valence-electron chi connectivity index (χ1n) is 7.87. The van der Waals surface area contributed by atoms with Crippen LogP contribution in [0.4, 0.5) is 21.5 Å². The topological polar surface area (TPSA) is 61.4 Å². The Labute approximate surface area is 155 Å². The van der Waals surface area contributed by atoms with Gasteiger partial charge in [0, 0.05) is 18.3 Å². The second kappa shape index (κ2) is 7.45. The van der Waals surface area contributed by atoms with Crippen molar-refractivity contribution in [3.05, 3.63) is 77.1 Å². The molecule has 3 N–H and O–H groups in total. The minimum atomic E-state index is -1.03. The van der Waals surface area contributed by atoms with Crippen LogP contribution >= 0.6 is 11.6 Å². The van der Waals surface area contributed by atoms with E-state index in [1.807, 2.05) is 0 Å². The minimum Gasteiger partial charge on any atom is -0.478 e. The van der Waals surface area contributed by atoms with E-state index in [9.17, 15) is 14.3 Å². The lowest BCUT2D eigenvalue weighted by Gasteiger charge is -2.18. The van der Waals surface area contributed by atoms with E-state index in [1.54, 1.807) is 49.5 Å². The Kier molecular flexibility index (Phi) is 5.09. The molecule has 0 atom stereocenters. The molecule has 0 amide bonds. The van der Waals surface area contributed by atoms with Gasteiger partial charge in [0.2, 0.25) is 0 Å². The van der Waals surface area contributed by atoms with Crippen molar-refractivity contribution in [1.82, 2.24) is 0 Å². The average molecular weight is 371 g/mol. The fraction of sp³-hybridized carbons (Fsp3) is 0.0500. The Morgan fingerprint density at radius 2 is 1.62 bits per heavy atom. The van der Waals surface area contributed by atoms with Crippen molar-refractivity contribution in [2.24, 2.45) is 0 Å². The Morgan fingerprint density at radius 1 is 0.962 bits per heavy atom. The smallest absolute Gasteiger partial charge is 0.337 e. The molecule has 3 rings (SSSR count). The number of halogens is 2. The molecule has 0 unspecified atom stereocenters. The fourth-order valence-corrected chi connectivity index (χ4v) is 3.06. The molecule has 26 heavy (non-hydrogen) atoms. The Balaban J connectivity index is 2.15. The molecule has 0 radical (unpaired) electrons. The molecule has 3 aromatic carbocycles. The average Bonchev–Trinajstić information content (AvgIpc) is 2.63. The molecule has 0 aromatic heterocycles. The number of hydrogen-bond donors (Lipinski definition) is 3. The van der Waals surface area contributed by atoms with Gasteiger partial charge in [-0.25, -0.2) is 9.18 Å². The van der Waals surface area contributed by atoms with Crippen molar-refractivity contribution in [3.8, 4) is 11.1 Å². The third-order valence-corrected chi connectivity index (χ3v) is 4.36. The highest BCUT2D eigenvalue weighted by atomic mass is 35.5. The predicted octanol–water partition coefficient (Wildman–Crippen LogP) is 5.63. The first-order chi connectivity index (χ1) is 12.5. The third kappa shape index (κ3) is 3.48. The van der Waals surface area contributed by atoms with E-state index in [2.05, 4.69) is 10.6 Å². The van der Waals surface area contributed by atoms with Gasteiger partial charge in [0.25, 0.3) is 0 Å². The largest absolute Gasteiger partial charge is 0.478 e. The highest BCUT2D eigenvalue weighted by Crippen LogP contribution is 2.41. The predicted molar refractivity (Wildman–Crippen MR) is 103 cm³/mol. The summed E-state index contributed by atoms with van der Waals surface area (Å²) in [5.74, 6) is -1.38. The van der Waals surface area contributed by atoms with Crippen LogP contribution in [-0.4, -0.2) is 18.1 Å². The first-order valence-corrected chi connectivity index (χ1v) is 8.24. The van der Waals surface area contributed by atoms with Crippen LogP contribution in [0.25, 0.3) is 11.1 Å². The number of hydrogen-bond acceptors (Lipinski definition) is 3. The van der Waals surface area contributed by atoms with Crippen molar-refractivity contribution in [1.29, 1.82) is 0 Å². The molecular formula is C20H16ClFN2O2. The van der Waals surface area contributed by atoms with E-state index in [0.29, 0.717) is 33.2 Å². The molecular weight excluding hydrogens is 355 g/mol. The van der Waals surface area contributed by atoms with Crippen molar-refractivity contribution < 1.29 is 14.3 Å². The number of para-hydroxylation sites is 1. The Hall–Kier alpha value is -3.05. The van der Waals surface area contributed by atoms with Crippen molar-refractivity contribution in [2.45, 2.75) is 0 Å². The second-order valence-corrected chi connectivity index (χ2v) is 5.96. The van der Waals surface area contributed by atoms with Crippen LogP contribution in [-0.2, 0) is 0 Å². The quantitative estimate of drug-likeness (QED) is 0.544. The molecule has 0 heterocycles. The standard InChI is InChI=1S/C20H16ClFN2O2/c1-23-17-11-10-16(24-15-5-3-2-4-14(15)20(25)26)18(19(17)21)12-6-8-13(22)9-7-12/h2-11,23-24H,1H3,(H,25,26).